The summed E-state index contributed by atoms with van der Waals surface area (Å²) in [6.07, 6.45) is 33.3. The number of hydrogen-bond donors (Lipinski definition) is 5. The fourth-order valence-electron chi connectivity index (χ4n) is 13.2. The van der Waals surface area contributed by atoms with E-state index in [4.69, 9.17) is 112 Å². The van der Waals surface area contributed by atoms with E-state index in [1.807, 2.05) is 0 Å². The van der Waals surface area contributed by atoms with Gasteiger partial charge in [0.05, 0.1) is 19.6 Å². The highest BCUT2D eigenvalue weighted by molar-refractivity contribution is 7.46. The van der Waals surface area contributed by atoms with E-state index in [0.29, 0.717) is 44.3 Å². The minimum absolute atomic E-state index is 0.117. The predicted molar refractivity (Wildman–Crippen MR) is 429 cm³/mol. The van der Waals surface area contributed by atoms with Crippen LogP contribution in [0.1, 0.15) is 355 Å². The van der Waals surface area contributed by atoms with Crippen molar-refractivity contribution in [2.75, 3.05) is 26.4 Å². The van der Waals surface area contributed by atoms with E-state index in [1.54, 1.807) is 30.3 Å². The number of esters is 3. The van der Waals surface area contributed by atoms with Crippen molar-refractivity contribution in [3.05, 3.63) is 35.9 Å². The lowest BCUT2D eigenvalue weighted by atomic mass is 9.75. The number of nitrogens with one attached hydrogen (secondary N) is 2. The molecule has 1 aliphatic heterocycles. The minimum Gasteiger partial charge on any atom is -0.466 e. The largest absolute Gasteiger partial charge is 0.509 e. The van der Waals surface area contributed by atoms with Gasteiger partial charge in [0.15, 0.2) is 23.5 Å². The second-order valence-electron chi connectivity index (χ2n) is 29.7. The Balaban J connectivity index is 2.43. The molecule has 21 nitrogen and oxygen atoms in total. The van der Waals surface area contributed by atoms with Crippen molar-refractivity contribution in [3.8, 4) is 0 Å². The zero-order valence-corrected chi connectivity index (χ0v) is 71.4. The average Bonchev–Trinajstić information content (AvgIpc) is 0.708. The fourth-order valence-corrected chi connectivity index (χ4v) is 14.1. The number of benzene rings is 1. The first kappa shape index (κ1) is 101. The molecule has 0 saturated carbocycles. The number of hydrogen-bond acceptors (Lipinski definition) is 17. The standard InChI is InChI=1S/C80H137Cl6N2O19P/c1-6-9-12-15-18-21-24-29-34-39-47-55-69(90)99-60-50-42-37-32-27-23-26-31-36-41-49-57-71(92)105-79(102-62-65-52-44-43-45-53-65)72(107-108(96,97)98)67(63-100-75(95)106-76(4,5)80(84,85)86)104-73(93)77(79,88-74(94)101-64-78(81,82)83)58-51-59-87-68(89)61-66(54-46-38-33-28-20-17-14-11-8-3)103-70(91)56-48-40-35-30-25-22-19-16-13-10-7-2/h43-45,52-53,66-67,72-73,93H,6-42,46-51,54-64H2,1-5H3,(H,87,89)(H,88,94)(H2,96,97,98)/t66-,67-,72-,73+,77?,79+/m1/s1. The maximum Gasteiger partial charge on any atom is 0.509 e. The Kier molecular flexibility index (Phi) is 56.3. The molecule has 5 N–H and O–H groups in total. The Morgan fingerprint density at radius 2 is 0.991 bits per heavy atom. The summed E-state index contributed by atoms with van der Waals surface area (Å²) in [7, 11) is -5.87. The van der Waals surface area contributed by atoms with E-state index < -0.39 is 113 Å². The molecular formula is C80H137Cl6N2O19P. The zero-order valence-electron chi connectivity index (χ0n) is 66.0. The van der Waals surface area contributed by atoms with Crippen LogP contribution in [-0.2, 0) is 72.8 Å². The van der Waals surface area contributed by atoms with Gasteiger partial charge in [0.25, 0.3) is 5.79 Å². The van der Waals surface area contributed by atoms with Crippen LogP contribution in [-0.4, -0.2) is 126 Å². The summed E-state index contributed by atoms with van der Waals surface area (Å²) in [4.78, 5) is 104. The molecule has 108 heavy (non-hydrogen) atoms. The van der Waals surface area contributed by atoms with Gasteiger partial charge in [0.2, 0.25) is 13.5 Å². The Labute approximate surface area is 677 Å². The Hall–Kier alpha value is -2.63. The van der Waals surface area contributed by atoms with Gasteiger partial charge in [-0.2, -0.15) is 0 Å². The lowest BCUT2D eigenvalue weighted by Crippen LogP contribution is -2.82. The third-order valence-corrected chi connectivity index (χ3v) is 21.8. The van der Waals surface area contributed by atoms with Crippen LogP contribution >= 0.6 is 77.4 Å². The molecule has 628 valence electrons. The van der Waals surface area contributed by atoms with Crippen molar-refractivity contribution in [1.82, 2.24) is 10.6 Å². The van der Waals surface area contributed by atoms with Crippen LogP contribution in [0.25, 0.3) is 0 Å². The summed E-state index contributed by atoms with van der Waals surface area (Å²) in [6, 6.07) is 8.20. The van der Waals surface area contributed by atoms with Gasteiger partial charge in [0.1, 0.15) is 25.4 Å². The van der Waals surface area contributed by atoms with E-state index >= 15 is 0 Å². The molecule has 0 aliphatic carbocycles. The molecule has 2 amide bonds. The number of carbonyl (C=O) groups is 6. The Morgan fingerprint density at radius 1 is 0.556 bits per heavy atom. The minimum atomic E-state index is -5.87. The van der Waals surface area contributed by atoms with Crippen LogP contribution in [0.4, 0.5) is 9.59 Å². The number of unbranched alkanes of at least 4 members (excludes halogenated alkanes) is 38. The van der Waals surface area contributed by atoms with E-state index in [-0.39, 0.29) is 44.6 Å². The van der Waals surface area contributed by atoms with Gasteiger partial charge in [-0.05, 0) is 70.8 Å². The van der Waals surface area contributed by atoms with Crippen LogP contribution in [0.15, 0.2) is 30.3 Å². The van der Waals surface area contributed by atoms with Crippen LogP contribution in [0.2, 0.25) is 0 Å². The number of alkyl halides is 6. The molecule has 1 fully saturated rings. The summed E-state index contributed by atoms with van der Waals surface area (Å²) in [5.41, 5.74) is -4.27. The number of halogens is 6. The number of phosphoric acid groups is 1. The molecule has 1 aromatic rings. The van der Waals surface area contributed by atoms with Crippen LogP contribution in [0.5, 0.6) is 0 Å². The highest BCUT2D eigenvalue weighted by atomic mass is 35.6. The second kappa shape index (κ2) is 60.0. The molecule has 1 heterocycles. The van der Waals surface area contributed by atoms with E-state index in [9.17, 15) is 48.2 Å². The summed E-state index contributed by atoms with van der Waals surface area (Å²) in [5, 5.41) is 18.1. The van der Waals surface area contributed by atoms with E-state index in [2.05, 4.69) is 31.4 Å². The molecule has 1 unspecified atom stereocenters. The van der Waals surface area contributed by atoms with Gasteiger partial charge in [-0.25, -0.2) is 14.2 Å². The normalized spacial score (nSPS) is 17.9. The third kappa shape index (κ3) is 47.9. The van der Waals surface area contributed by atoms with Gasteiger partial charge in [-0.15, -0.1) is 0 Å². The van der Waals surface area contributed by atoms with Crippen molar-refractivity contribution in [2.24, 2.45) is 0 Å². The van der Waals surface area contributed by atoms with Crippen molar-refractivity contribution >= 4 is 113 Å². The molecular weight excluding hydrogens is 1540 g/mol. The zero-order chi connectivity index (χ0) is 79.8. The number of phosphoric ester groups is 1. The molecule has 28 heteroatoms. The monoisotopic (exact) mass is 1670 g/mol. The second-order valence-corrected chi connectivity index (χ2v) is 35.7. The van der Waals surface area contributed by atoms with Gasteiger partial charge >= 0.3 is 38.0 Å². The van der Waals surface area contributed by atoms with Crippen molar-refractivity contribution < 1.29 is 90.6 Å². The third-order valence-electron chi connectivity index (χ3n) is 19.6. The van der Waals surface area contributed by atoms with Crippen molar-refractivity contribution in [1.29, 1.82) is 0 Å². The van der Waals surface area contributed by atoms with Gasteiger partial charge in [-0.3, -0.25) is 23.7 Å². The number of aliphatic hydroxyl groups excluding tert-OH is 1. The first-order valence-corrected chi connectivity index (χ1v) is 44.9. The summed E-state index contributed by atoms with van der Waals surface area (Å²) < 4.78 is 61.5. The first-order chi connectivity index (χ1) is 51.5. The summed E-state index contributed by atoms with van der Waals surface area (Å²) in [6.45, 7) is 6.73. The molecule has 6 atom stereocenters. The molecule has 1 aromatic carbocycles. The van der Waals surface area contributed by atoms with Crippen molar-refractivity contribution in [2.45, 2.75) is 405 Å². The maximum absolute atomic E-state index is 14.9. The number of aliphatic hydroxyl groups is 1. The quantitative estimate of drug-likeness (QED) is 0.0101. The summed E-state index contributed by atoms with van der Waals surface area (Å²) in [5.74, 6) is -5.24. The topological polar surface area (TPSA) is 287 Å². The van der Waals surface area contributed by atoms with Crippen molar-refractivity contribution in [3.63, 3.8) is 0 Å². The number of rotatable bonds is 66. The Bertz CT molecular complexity index is 2590. The molecule has 0 spiro atoms. The number of alkyl carbamates (subject to hydrolysis) is 1. The number of ether oxygens (including phenoxy) is 8. The lowest BCUT2D eigenvalue weighted by Gasteiger charge is -2.57. The average molecular weight is 1670 g/mol. The van der Waals surface area contributed by atoms with Gasteiger partial charge in [0, 0.05) is 25.8 Å². The van der Waals surface area contributed by atoms with Crippen LogP contribution < -0.4 is 10.6 Å². The molecule has 0 radical (unpaired) electrons. The molecule has 0 bridgehead atoms. The van der Waals surface area contributed by atoms with Gasteiger partial charge < -0.3 is 63.4 Å². The molecule has 2 rings (SSSR count). The lowest BCUT2D eigenvalue weighted by molar-refractivity contribution is -0.394. The number of amides is 2. The predicted octanol–water partition coefficient (Wildman–Crippen LogP) is 22.5. The van der Waals surface area contributed by atoms with Crippen LogP contribution in [0, 0.1) is 0 Å². The first-order valence-electron chi connectivity index (χ1n) is 41.1. The smallest absolute Gasteiger partial charge is 0.466 e. The van der Waals surface area contributed by atoms with Gasteiger partial charge in [-0.1, -0.05) is 358 Å². The Morgan fingerprint density at radius 3 is 1.44 bits per heavy atom. The molecule has 1 aliphatic rings. The summed E-state index contributed by atoms with van der Waals surface area (Å²) >= 11 is 36.5. The highest BCUT2D eigenvalue weighted by Gasteiger charge is 2.72. The SMILES string of the molecule is CCCCCCCCCCCCCC(=O)OCCCCCCCCCCCCCC(=O)O[C@@]1(OCc2ccccc2)[C@H](OP(=O)(O)O)[C@@H](COC(=O)OC(C)(C)C(Cl)(Cl)Cl)O[C@H](O)C1(CCCNC(=O)C[C@@H](CCCCCCCCCCC)OC(=O)CCCCCCCCCCCCC)NC(=O)OCC(Cl)(Cl)Cl. The van der Waals surface area contributed by atoms with E-state index in [1.165, 1.54) is 123 Å². The maximum atomic E-state index is 14.9. The molecule has 1 saturated heterocycles. The van der Waals surface area contributed by atoms with E-state index in [0.717, 1.165) is 135 Å². The fraction of sp³-hybridized carbons (Fsp3) is 0.850. The highest BCUT2D eigenvalue weighted by Crippen LogP contribution is 2.52. The molecule has 0 aromatic heterocycles. The number of carbonyl (C=O) groups excluding carboxylic acids is 6. The van der Waals surface area contributed by atoms with Crippen LogP contribution in [0.3, 0.4) is 0 Å².